The topological polar surface area (TPSA) is 26.0 Å². The Morgan fingerprint density at radius 2 is 2.09 bits per heavy atom. The average molecular weight is 168 g/mol. The molecule has 0 atom stereocenters. The monoisotopic (exact) mass is 167 g/mol. The van der Waals surface area contributed by atoms with Gasteiger partial charge < -0.3 is 5.73 Å². The summed E-state index contributed by atoms with van der Waals surface area (Å²) in [5, 5.41) is 0.761. The molecule has 0 amide bonds. The first kappa shape index (κ1) is 8.31. The first-order chi connectivity index (χ1) is 5.34. The summed E-state index contributed by atoms with van der Waals surface area (Å²) in [4.78, 5) is 0. The summed E-state index contributed by atoms with van der Waals surface area (Å²) in [6, 6.07) is 7.66. The van der Waals surface area contributed by atoms with E-state index in [1.54, 1.807) is 0 Å². The summed E-state index contributed by atoms with van der Waals surface area (Å²) in [7, 11) is 0. The summed E-state index contributed by atoms with van der Waals surface area (Å²) < 4.78 is 0. The zero-order valence-corrected chi connectivity index (χ0v) is 6.88. The number of hydrogen-bond acceptors (Lipinski definition) is 1. The number of benzene rings is 1. The fourth-order valence-electron chi connectivity index (χ4n) is 0.805. The van der Waals surface area contributed by atoms with E-state index in [0.29, 0.717) is 6.54 Å². The molecular formula is C9H10ClN. The SMILES string of the molecule is NCC=Cc1ccccc1Cl. The van der Waals surface area contributed by atoms with Crippen LogP contribution in [-0.2, 0) is 0 Å². The summed E-state index contributed by atoms with van der Waals surface area (Å²) in [6.07, 6.45) is 3.80. The fraction of sp³-hybridized carbons (Fsp3) is 0.111. The van der Waals surface area contributed by atoms with Crippen LogP contribution in [0.4, 0.5) is 0 Å². The Labute approximate surface area is 71.5 Å². The summed E-state index contributed by atoms with van der Waals surface area (Å²) in [6.45, 7) is 0.547. The van der Waals surface area contributed by atoms with Crippen LogP contribution in [0, 0.1) is 0 Å². The van der Waals surface area contributed by atoms with Gasteiger partial charge in [0.05, 0.1) is 0 Å². The van der Waals surface area contributed by atoms with Crippen molar-refractivity contribution in [1.82, 2.24) is 0 Å². The third-order valence-corrected chi connectivity index (χ3v) is 1.68. The minimum absolute atomic E-state index is 0.547. The van der Waals surface area contributed by atoms with Crippen LogP contribution in [0.1, 0.15) is 5.56 Å². The van der Waals surface area contributed by atoms with Crippen LogP contribution in [0.3, 0.4) is 0 Å². The van der Waals surface area contributed by atoms with Crippen molar-refractivity contribution in [3.63, 3.8) is 0 Å². The molecule has 0 bridgehead atoms. The molecule has 0 aliphatic rings. The molecule has 1 aromatic rings. The lowest BCUT2D eigenvalue weighted by atomic mass is 10.2. The minimum Gasteiger partial charge on any atom is -0.327 e. The van der Waals surface area contributed by atoms with E-state index >= 15 is 0 Å². The lowest BCUT2D eigenvalue weighted by Gasteiger charge is -1.94. The summed E-state index contributed by atoms with van der Waals surface area (Å²) >= 11 is 5.87. The first-order valence-corrected chi connectivity index (χ1v) is 3.83. The molecule has 1 nitrogen and oxygen atoms in total. The van der Waals surface area contributed by atoms with Gasteiger partial charge in [0.2, 0.25) is 0 Å². The van der Waals surface area contributed by atoms with Gasteiger partial charge in [0, 0.05) is 11.6 Å². The molecule has 0 spiro atoms. The van der Waals surface area contributed by atoms with Crippen molar-refractivity contribution in [2.75, 3.05) is 6.54 Å². The highest BCUT2D eigenvalue weighted by molar-refractivity contribution is 6.32. The Morgan fingerprint density at radius 1 is 1.36 bits per heavy atom. The largest absolute Gasteiger partial charge is 0.327 e. The molecule has 0 heterocycles. The fourth-order valence-corrected chi connectivity index (χ4v) is 1.00. The molecule has 0 saturated carbocycles. The molecule has 2 N–H and O–H groups in total. The van der Waals surface area contributed by atoms with Crippen LogP contribution in [0.2, 0.25) is 5.02 Å². The second-order valence-electron chi connectivity index (χ2n) is 2.16. The van der Waals surface area contributed by atoms with Gasteiger partial charge in [-0.05, 0) is 11.6 Å². The molecule has 0 aliphatic heterocycles. The molecule has 2 heteroatoms. The Bertz CT molecular complexity index is 255. The third-order valence-electron chi connectivity index (χ3n) is 1.34. The zero-order chi connectivity index (χ0) is 8.10. The highest BCUT2D eigenvalue weighted by Gasteiger charge is 1.90. The van der Waals surface area contributed by atoms with E-state index in [-0.39, 0.29) is 0 Å². The van der Waals surface area contributed by atoms with Gasteiger partial charge in [-0.25, -0.2) is 0 Å². The first-order valence-electron chi connectivity index (χ1n) is 3.45. The molecule has 0 fully saturated rings. The Hall–Kier alpha value is -0.790. The normalized spacial score (nSPS) is 10.7. The van der Waals surface area contributed by atoms with E-state index in [9.17, 15) is 0 Å². The smallest absolute Gasteiger partial charge is 0.0478 e. The lowest BCUT2D eigenvalue weighted by Crippen LogP contribution is -1.91. The van der Waals surface area contributed by atoms with Crippen LogP contribution in [0.15, 0.2) is 30.3 Å². The number of rotatable bonds is 2. The molecule has 1 aromatic carbocycles. The van der Waals surface area contributed by atoms with Gasteiger partial charge in [-0.15, -0.1) is 0 Å². The van der Waals surface area contributed by atoms with E-state index in [4.69, 9.17) is 17.3 Å². The van der Waals surface area contributed by atoms with E-state index in [1.165, 1.54) is 0 Å². The van der Waals surface area contributed by atoms with Gasteiger partial charge in [-0.2, -0.15) is 0 Å². The molecule has 11 heavy (non-hydrogen) atoms. The van der Waals surface area contributed by atoms with Crippen molar-refractivity contribution in [1.29, 1.82) is 0 Å². The van der Waals surface area contributed by atoms with Gasteiger partial charge in [0.25, 0.3) is 0 Å². The third kappa shape index (κ3) is 2.37. The number of halogens is 1. The maximum atomic E-state index is 5.87. The van der Waals surface area contributed by atoms with Crippen LogP contribution in [-0.4, -0.2) is 6.54 Å². The zero-order valence-electron chi connectivity index (χ0n) is 6.13. The van der Waals surface area contributed by atoms with E-state index in [2.05, 4.69) is 0 Å². The average Bonchev–Trinajstić information content (AvgIpc) is 2.03. The maximum absolute atomic E-state index is 5.87. The molecule has 0 aliphatic carbocycles. The van der Waals surface area contributed by atoms with Crippen LogP contribution < -0.4 is 5.73 Å². The molecular weight excluding hydrogens is 158 g/mol. The molecule has 0 saturated heterocycles. The van der Waals surface area contributed by atoms with Gasteiger partial charge in [0.15, 0.2) is 0 Å². The molecule has 0 unspecified atom stereocenters. The molecule has 0 radical (unpaired) electrons. The van der Waals surface area contributed by atoms with Crippen molar-refractivity contribution < 1.29 is 0 Å². The summed E-state index contributed by atoms with van der Waals surface area (Å²) in [5.74, 6) is 0. The van der Waals surface area contributed by atoms with Crippen LogP contribution in [0.5, 0.6) is 0 Å². The second-order valence-corrected chi connectivity index (χ2v) is 2.57. The highest BCUT2D eigenvalue weighted by atomic mass is 35.5. The van der Waals surface area contributed by atoms with Crippen LogP contribution in [0.25, 0.3) is 6.08 Å². The van der Waals surface area contributed by atoms with Gasteiger partial charge >= 0.3 is 0 Å². The Kier molecular flexibility index (Phi) is 3.14. The molecule has 1 rings (SSSR count). The van der Waals surface area contributed by atoms with E-state index in [1.807, 2.05) is 36.4 Å². The van der Waals surface area contributed by atoms with Gasteiger partial charge in [0.1, 0.15) is 0 Å². The molecule has 0 aromatic heterocycles. The van der Waals surface area contributed by atoms with Gasteiger partial charge in [-0.3, -0.25) is 0 Å². The van der Waals surface area contributed by atoms with E-state index in [0.717, 1.165) is 10.6 Å². The second kappa shape index (κ2) is 4.16. The summed E-state index contributed by atoms with van der Waals surface area (Å²) in [5.41, 5.74) is 6.31. The van der Waals surface area contributed by atoms with Crippen molar-refractivity contribution in [3.05, 3.63) is 40.9 Å². The van der Waals surface area contributed by atoms with Gasteiger partial charge in [-0.1, -0.05) is 42.0 Å². The lowest BCUT2D eigenvalue weighted by molar-refractivity contribution is 1.26. The van der Waals surface area contributed by atoms with E-state index < -0.39 is 0 Å². The number of hydrogen-bond donors (Lipinski definition) is 1. The van der Waals surface area contributed by atoms with Crippen molar-refractivity contribution in [2.45, 2.75) is 0 Å². The predicted molar refractivity (Wildman–Crippen MR) is 49.5 cm³/mol. The molecule has 58 valence electrons. The highest BCUT2D eigenvalue weighted by Crippen LogP contribution is 2.15. The standard InChI is InChI=1S/C9H10ClN/c10-9-6-2-1-4-8(9)5-3-7-11/h1-6H,7,11H2. The Morgan fingerprint density at radius 3 is 2.73 bits per heavy atom. The maximum Gasteiger partial charge on any atom is 0.0478 e. The number of nitrogens with two attached hydrogens (primary N) is 1. The Balaban J connectivity index is 2.86. The van der Waals surface area contributed by atoms with Crippen molar-refractivity contribution in [3.8, 4) is 0 Å². The predicted octanol–water partition coefficient (Wildman–Crippen LogP) is 2.31. The van der Waals surface area contributed by atoms with Crippen LogP contribution >= 0.6 is 11.6 Å². The minimum atomic E-state index is 0.547. The van der Waals surface area contributed by atoms with Crippen molar-refractivity contribution in [2.24, 2.45) is 5.73 Å². The quantitative estimate of drug-likeness (QED) is 0.719. The van der Waals surface area contributed by atoms with Crippen molar-refractivity contribution >= 4 is 17.7 Å².